The van der Waals surface area contributed by atoms with Crippen LogP contribution in [0.4, 0.5) is 5.69 Å². The maximum Gasteiger partial charge on any atom is 0.316 e. The maximum absolute atomic E-state index is 12.7. The molecule has 3 rings (SSSR count). The van der Waals surface area contributed by atoms with Crippen molar-refractivity contribution in [3.63, 3.8) is 0 Å². The van der Waals surface area contributed by atoms with Crippen LogP contribution in [0, 0.1) is 17.2 Å². The van der Waals surface area contributed by atoms with E-state index in [2.05, 4.69) is 13.8 Å². The van der Waals surface area contributed by atoms with Gasteiger partial charge in [-0.2, -0.15) is 5.26 Å². The van der Waals surface area contributed by atoms with E-state index in [1.165, 1.54) is 19.2 Å². The van der Waals surface area contributed by atoms with Gasteiger partial charge < -0.3 is 14.4 Å². The lowest BCUT2D eigenvalue weighted by molar-refractivity contribution is -0.139. The summed E-state index contributed by atoms with van der Waals surface area (Å²) in [5, 5.41) is 8.99. The van der Waals surface area contributed by atoms with E-state index < -0.39 is 11.9 Å². The number of ether oxygens (including phenoxy) is 2. The summed E-state index contributed by atoms with van der Waals surface area (Å²) in [6, 6.07) is 14.4. The second-order valence-electron chi connectivity index (χ2n) is 7.17. The van der Waals surface area contributed by atoms with Crippen LogP contribution >= 0.6 is 0 Å². The smallest absolute Gasteiger partial charge is 0.316 e. The molecule has 0 N–H and O–H groups in total. The summed E-state index contributed by atoms with van der Waals surface area (Å²) >= 11 is 0. The fourth-order valence-corrected chi connectivity index (χ4v) is 3.48. The fraction of sp³-hybridized carbons (Fsp3) is 0.348. The lowest BCUT2D eigenvalue weighted by atomic mass is 9.96. The Balaban J connectivity index is 1.78. The van der Waals surface area contributed by atoms with Crippen molar-refractivity contribution >= 4 is 17.6 Å². The Bertz CT molecular complexity index is 964. The molecule has 1 amide bonds. The summed E-state index contributed by atoms with van der Waals surface area (Å²) in [4.78, 5) is 27.1. The van der Waals surface area contributed by atoms with Gasteiger partial charge in [-0.1, -0.05) is 32.0 Å². The molecule has 1 heterocycles. The van der Waals surface area contributed by atoms with Gasteiger partial charge in [0.15, 0.2) is 11.5 Å². The van der Waals surface area contributed by atoms with E-state index in [0.717, 1.165) is 17.7 Å². The van der Waals surface area contributed by atoms with E-state index in [1.54, 1.807) is 11.0 Å². The third kappa shape index (κ3) is 4.24. The molecule has 2 unspecified atom stereocenters. The van der Waals surface area contributed by atoms with Crippen LogP contribution in [0.2, 0.25) is 0 Å². The summed E-state index contributed by atoms with van der Waals surface area (Å²) in [6.07, 6.45) is 1.06. The monoisotopic (exact) mass is 392 g/mol. The van der Waals surface area contributed by atoms with Crippen LogP contribution in [0.25, 0.3) is 0 Å². The minimum absolute atomic E-state index is 0.0884. The zero-order valence-corrected chi connectivity index (χ0v) is 16.8. The Labute approximate surface area is 170 Å². The molecule has 29 heavy (non-hydrogen) atoms. The van der Waals surface area contributed by atoms with Crippen molar-refractivity contribution in [1.82, 2.24) is 0 Å². The molecule has 0 aliphatic carbocycles. The number of para-hydroxylation sites is 1. The van der Waals surface area contributed by atoms with Crippen LogP contribution in [-0.4, -0.2) is 25.5 Å². The lowest BCUT2D eigenvalue weighted by Crippen LogP contribution is -2.28. The Morgan fingerprint density at radius 3 is 2.72 bits per heavy atom. The van der Waals surface area contributed by atoms with E-state index in [9.17, 15) is 9.59 Å². The predicted molar refractivity (Wildman–Crippen MR) is 109 cm³/mol. The third-order valence-corrected chi connectivity index (χ3v) is 5.33. The largest absolute Gasteiger partial charge is 0.493 e. The van der Waals surface area contributed by atoms with Gasteiger partial charge in [0.2, 0.25) is 5.91 Å². The number of nitrogens with zero attached hydrogens (tertiary/aromatic N) is 2. The number of benzene rings is 2. The van der Waals surface area contributed by atoms with E-state index in [0.29, 0.717) is 17.2 Å². The molecule has 0 radical (unpaired) electrons. The second-order valence-corrected chi connectivity index (χ2v) is 7.17. The number of methoxy groups -OCH3 is 1. The maximum atomic E-state index is 12.7. The molecule has 0 aromatic heterocycles. The van der Waals surface area contributed by atoms with Gasteiger partial charge in [-0.3, -0.25) is 9.59 Å². The molecule has 2 aromatic carbocycles. The zero-order chi connectivity index (χ0) is 21.0. The molecule has 6 heteroatoms. The van der Waals surface area contributed by atoms with Gasteiger partial charge in [0, 0.05) is 24.7 Å². The Kier molecular flexibility index (Phi) is 6.18. The molecule has 2 atom stereocenters. The van der Waals surface area contributed by atoms with Crippen LogP contribution in [0.5, 0.6) is 11.5 Å². The highest BCUT2D eigenvalue weighted by molar-refractivity contribution is 6.00. The van der Waals surface area contributed by atoms with Crippen molar-refractivity contribution in [3.8, 4) is 17.6 Å². The number of amides is 1. The number of nitriles is 1. The van der Waals surface area contributed by atoms with Gasteiger partial charge in [0.05, 0.1) is 24.7 Å². The van der Waals surface area contributed by atoms with Crippen molar-refractivity contribution in [2.24, 2.45) is 5.92 Å². The van der Waals surface area contributed by atoms with Crippen molar-refractivity contribution in [1.29, 1.82) is 5.26 Å². The molecule has 1 fully saturated rings. The van der Waals surface area contributed by atoms with Gasteiger partial charge in [-0.05, 0) is 36.1 Å². The number of hydrogen-bond donors (Lipinski definition) is 0. The van der Waals surface area contributed by atoms with Crippen LogP contribution in [0.15, 0.2) is 42.5 Å². The first-order valence-corrected chi connectivity index (χ1v) is 9.67. The third-order valence-electron chi connectivity index (χ3n) is 5.33. The standard InChI is InChI=1S/C23H24N2O4/c1-4-15(2)18-7-5-6-8-19(18)25-14-17(12-22(25)26)23(27)29-20-10-9-16(13-24)11-21(20)28-3/h5-11,15,17H,4,12,14H2,1-3H3. The summed E-state index contributed by atoms with van der Waals surface area (Å²) in [7, 11) is 1.44. The summed E-state index contributed by atoms with van der Waals surface area (Å²) in [5.74, 6) is -0.275. The van der Waals surface area contributed by atoms with Gasteiger partial charge in [0.1, 0.15) is 0 Å². The van der Waals surface area contributed by atoms with Gasteiger partial charge in [0.25, 0.3) is 0 Å². The molecule has 1 saturated heterocycles. The van der Waals surface area contributed by atoms with Crippen LogP contribution in [-0.2, 0) is 9.59 Å². The van der Waals surface area contributed by atoms with E-state index >= 15 is 0 Å². The summed E-state index contributed by atoms with van der Waals surface area (Å²) in [6.45, 7) is 4.52. The van der Waals surface area contributed by atoms with E-state index in [-0.39, 0.29) is 24.6 Å². The van der Waals surface area contributed by atoms with Crippen molar-refractivity contribution < 1.29 is 19.1 Å². The minimum Gasteiger partial charge on any atom is -0.493 e. The second kappa shape index (κ2) is 8.78. The van der Waals surface area contributed by atoms with Gasteiger partial charge in [-0.25, -0.2) is 0 Å². The number of rotatable bonds is 6. The molecule has 150 valence electrons. The highest BCUT2D eigenvalue weighted by atomic mass is 16.6. The minimum atomic E-state index is -0.562. The van der Waals surface area contributed by atoms with E-state index in [1.807, 2.05) is 30.3 Å². The molecule has 0 saturated carbocycles. The first kappa shape index (κ1) is 20.4. The number of esters is 1. The Morgan fingerprint density at radius 1 is 1.28 bits per heavy atom. The number of carbonyl (C=O) groups is 2. The number of anilines is 1. The van der Waals surface area contributed by atoms with Crippen LogP contribution in [0.3, 0.4) is 0 Å². The quantitative estimate of drug-likeness (QED) is 0.548. The fourth-order valence-electron chi connectivity index (χ4n) is 3.48. The highest BCUT2D eigenvalue weighted by Gasteiger charge is 2.37. The first-order valence-electron chi connectivity index (χ1n) is 9.67. The Morgan fingerprint density at radius 2 is 2.03 bits per heavy atom. The normalized spacial score (nSPS) is 17.0. The van der Waals surface area contributed by atoms with E-state index in [4.69, 9.17) is 14.7 Å². The van der Waals surface area contributed by atoms with Crippen LogP contribution < -0.4 is 14.4 Å². The average molecular weight is 392 g/mol. The van der Waals surface area contributed by atoms with Crippen LogP contribution in [0.1, 0.15) is 43.7 Å². The predicted octanol–water partition coefficient (Wildman–Crippen LogP) is 4.04. The zero-order valence-electron chi connectivity index (χ0n) is 16.8. The highest BCUT2D eigenvalue weighted by Crippen LogP contribution is 2.35. The Hall–Kier alpha value is -3.33. The molecule has 0 bridgehead atoms. The molecule has 6 nitrogen and oxygen atoms in total. The summed E-state index contributed by atoms with van der Waals surface area (Å²) in [5.41, 5.74) is 2.37. The summed E-state index contributed by atoms with van der Waals surface area (Å²) < 4.78 is 10.7. The van der Waals surface area contributed by atoms with Crippen molar-refractivity contribution in [2.75, 3.05) is 18.6 Å². The average Bonchev–Trinajstić information content (AvgIpc) is 3.15. The topological polar surface area (TPSA) is 79.6 Å². The van der Waals surface area contributed by atoms with Gasteiger partial charge >= 0.3 is 5.97 Å². The molecular weight excluding hydrogens is 368 g/mol. The molecule has 0 spiro atoms. The van der Waals surface area contributed by atoms with Crippen molar-refractivity contribution in [3.05, 3.63) is 53.6 Å². The number of carbonyl (C=O) groups excluding carboxylic acids is 2. The first-order chi connectivity index (χ1) is 14.0. The lowest BCUT2D eigenvalue weighted by Gasteiger charge is -2.23. The van der Waals surface area contributed by atoms with Gasteiger partial charge in [-0.15, -0.1) is 0 Å². The number of hydrogen-bond acceptors (Lipinski definition) is 5. The molecule has 1 aliphatic heterocycles. The molecule has 2 aromatic rings. The SMILES string of the molecule is CCC(C)c1ccccc1N1CC(C(=O)Oc2ccc(C#N)cc2OC)CC1=O. The van der Waals surface area contributed by atoms with Crippen molar-refractivity contribution in [2.45, 2.75) is 32.6 Å². The molecular formula is C23H24N2O4. The molecule has 1 aliphatic rings.